The Hall–Kier alpha value is -2.55. The van der Waals surface area contributed by atoms with Gasteiger partial charge < -0.3 is 10.2 Å². The SMILES string of the molecule is CN1Cc2cc(NC(=O)CC#N)ccc2N(C)C1=O. The molecular weight excluding hydrogens is 244 g/mol. The summed E-state index contributed by atoms with van der Waals surface area (Å²) in [6, 6.07) is 7.08. The van der Waals surface area contributed by atoms with Gasteiger partial charge in [0.05, 0.1) is 11.8 Å². The molecule has 0 aromatic heterocycles. The predicted molar refractivity (Wildman–Crippen MR) is 70.6 cm³/mol. The van der Waals surface area contributed by atoms with Gasteiger partial charge in [-0.1, -0.05) is 0 Å². The molecule has 98 valence electrons. The maximum absolute atomic E-state index is 11.8. The summed E-state index contributed by atoms with van der Waals surface area (Å²) in [5.41, 5.74) is 2.43. The van der Waals surface area contributed by atoms with Gasteiger partial charge in [0.2, 0.25) is 5.91 Å². The average Bonchev–Trinajstić information content (AvgIpc) is 2.36. The monoisotopic (exact) mass is 258 g/mol. The summed E-state index contributed by atoms with van der Waals surface area (Å²) in [4.78, 5) is 26.3. The zero-order chi connectivity index (χ0) is 14.0. The van der Waals surface area contributed by atoms with Crippen molar-refractivity contribution in [1.82, 2.24) is 4.90 Å². The Kier molecular flexibility index (Phi) is 3.38. The third kappa shape index (κ3) is 2.50. The molecule has 19 heavy (non-hydrogen) atoms. The van der Waals surface area contributed by atoms with E-state index in [2.05, 4.69) is 5.32 Å². The highest BCUT2D eigenvalue weighted by atomic mass is 16.2. The number of hydrogen-bond acceptors (Lipinski definition) is 3. The fraction of sp³-hybridized carbons (Fsp3) is 0.308. The van der Waals surface area contributed by atoms with Crippen molar-refractivity contribution >= 4 is 23.3 Å². The van der Waals surface area contributed by atoms with E-state index in [1.54, 1.807) is 42.1 Å². The molecule has 1 aromatic rings. The predicted octanol–water partition coefficient (Wildman–Crippen LogP) is 1.54. The van der Waals surface area contributed by atoms with E-state index >= 15 is 0 Å². The van der Waals surface area contributed by atoms with Gasteiger partial charge in [-0.2, -0.15) is 5.26 Å². The van der Waals surface area contributed by atoms with E-state index in [-0.39, 0.29) is 18.4 Å². The summed E-state index contributed by atoms with van der Waals surface area (Å²) in [6.45, 7) is 0.500. The number of amides is 3. The molecule has 0 radical (unpaired) electrons. The van der Waals surface area contributed by atoms with Crippen LogP contribution in [0.4, 0.5) is 16.2 Å². The summed E-state index contributed by atoms with van der Waals surface area (Å²) < 4.78 is 0. The number of anilines is 2. The molecule has 1 aromatic carbocycles. The van der Waals surface area contributed by atoms with E-state index < -0.39 is 0 Å². The van der Waals surface area contributed by atoms with Gasteiger partial charge in [0.15, 0.2) is 0 Å². The highest BCUT2D eigenvalue weighted by molar-refractivity contribution is 5.96. The Morgan fingerprint density at radius 3 is 2.89 bits per heavy atom. The molecule has 6 nitrogen and oxygen atoms in total. The second-order valence-electron chi connectivity index (χ2n) is 4.42. The molecule has 0 unspecified atom stereocenters. The molecule has 0 bridgehead atoms. The molecule has 0 atom stereocenters. The second kappa shape index (κ2) is 4.98. The van der Waals surface area contributed by atoms with Crippen molar-refractivity contribution in [3.05, 3.63) is 23.8 Å². The Labute approximate surface area is 111 Å². The Balaban J connectivity index is 2.25. The first-order valence-electron chi connectivity index (χ1n) is 5.81. The fourth-order valence-corrected chi connectivity index (χ4v) is 2.08. The van der Waals surface area contributed by atoms with E-state index in [9.17, 15) is 9.59 Å². The summed E-state index contributed by atoms with van der Waals surface area (Å²) in [7, 11) is 3.44. The molecule has 1 heterocycles. The number of fused-ring (bicyclic) bond motifs is 1. The highest BCUT2D eigenvalue weighted by Crippen LogP contribution is 2.29. The zero-order valence-electron chi connectivity index (χ0n) is 10.8. The Bertz CT molecular complexity index is 576. The minimum absolute atomic E-state index is 0.0613. The Morgan fingerprint density at radius 2 is 2.21 bits per heavy atom. The van der Waals surface area contributed by atoms with Gasteiger partial charge in [0.1, 0.15) is 6.42 Å². The van der Waals surface area contributed by atoms with Gasteiger partial charge in [-0.15, -0.1) is 0 Å². The van der Waals surface area contributed by atoms with Crippen molar-refractivity contribution in [3.63, 3.8) is 0 Å². The minimum atomic E-state index is -0.337. The molecule has 0 saturated carbocycles. The van der Waals surface area contributed by atoms with E-state index in [4.69, 9.17) is 5.26 Å². The summed E-state index contributed by atoms with van der Waals surface area (Å²) >= 11 is 0. The number of nitrogens with zero attached hydrogens (tertiary/aromatic N) is 3. The lowest BCUT2D eigenvalue weighted by atomic mass is 10.1. The summed E-state index contributed by atoms with van der Waals surface area (Å²) in [5, 5.41) is 11.1. The molecule has 0 spiro atoms. The highest BCUT2D eigenvalue weighted by Gasteiger charge is 2.25. The molecule has 1 aliphatic heterocycles. The van der Waals surface area contributed by atoms with Gasteiger partial charge in [-0.25, -0.2) is 4.79 Å². The van der Waals surface area contributed by atoms with Crippen molar-refractivity contribution < 1.29 is 9.59 Å². The van der Waals surface area contributed by atoms with Gasteiger partial charge in [0, 0.05) is 26.3 Å². The van der Waals surface area contributed by atoms with Crippen molar-refractivity contribution in [2.45, 2.75) is 13.0 Å². The zero-order valence-corrected chi connectivity index (χ0v) is 10.8. The molecule has 1 aliphatic rings. The van der Waals surface area contributed by atoms with E-state index in [0.29, 0.717) is 12.2 Å². The van der Waals surface area contributed by atoms with E-state index in [1.807, 2.05) is 6.07 Å². The minimum Gasteiger partial charge on any atom is -0.325 e. The van der Waals surface area contributed by atoms with Gasteiger partial charge in [-0.3, -0.25) is 9.69 Å². The maximum Gasteiger partial charge on any atom is 0.324 e. The smallest absolute Gasteiger partial charge is 0.324 e. The fourth-order valence-electron chi connectivity index (χ4n) is 2.08. The van der Waals surface area contributed by atoms with Gasteiger partial charge >= 0.3 is 6.03 Å². The standard InChI is InChI=1S/C13H14N4O2/c1-16-8-9-7-10(15-12(18)5-6-14)3-4-11(9)17(2)13(16)19/h3-4,7H,5,8H2,1-2H3,(H,15,18). The van der Waals surface area contributed by atoms with Crippen LogP contribution >= 0.6 is 0 Å². The van der Waals surface area contributed by atoms with Crippen LogP contribution in [0, 0.1) is 11.3 Å². The molecule has 0 aliphatic carbocycles. The third-order valence-electron chi connectivity index (χ3n) is 2.99. The molecule has 0 saturated heterocycles. The van der Waals surface area contributed by atoms with Crippen LogP contribution in [0.1, 0.15) is 12.0 Å². The number of carbonyl (C=O) groups is 2. The van der Waals surface area contributed by atoms with Crippen LogP contribution in [0.15, 0.2) is 18.2 Å². The van der Waals surface area contributed by atoms with Crippen molar-refractivity contribution in [2.75, 3.05) is 24.3 Å². The van der Waals surface area contributed by atoms with E-state index in [1.165, 1.54) is 0 Å². The average molecular weight is 258 g/mol. The molecule has 1 N–H and O–H groups in total. The van der Waals surface area contributed by atoms with Crippen LogP contribution in [0.5, 0.6) is 0 Å². The number of rotatable bonds is 2. The number of nitriles is 1. The molecule has 6 heteroatoms. The lowest BCUT2D eigenvalue weighted by molar-refractivity contribution is -0.115. The second-order valence-corrected chi connectivity index (χ2v) is 4.42. The topological polar surface area (TPSA) is 76.4 Å². The normalized spacial score (nSPS) is 13.8. The number of urea groups is 1. The first kappa shape index (κ1) is 12.9. The van der Waals surface area contributed by atoms with Crippen LogP contribution in [0.25, 0.3) is 0 Å². The molecule has 3 amide bonds. The number of nitrogens with one attached hydrogen (secondary N) is 1. The van der Waals surface area contributed by atoms with Crippen LogP contribution in [0.2, 0.25) is 0 Å². The molecular formula is C13H14N4O2. The molecule has 2 rings (SSSR count). The lowest BCUT2D eigenvalue weighted by Gasteiger charge is -2.32. The first-order valence-corrected chi connectivity index (χ1v) is 5.81. The number of carbonyl (C=O) groups excluding carboxylic acids is 2. The first-order chi connectivity index (χ1) is 9.02. The lowest BCUT2D eigenvalue weighted by Crippen LogP contribution is -2.42. The van der Waals surface area contributed by atoms with Crippen LogP contribution in [-0.2, 0) is 11.3 Å². The summed E-state index contributed by atoms with van der Waals surface area (Å²) in [6.07, 6.45) is -0.171. The Morgan fingerprint density at radius 1 is 1.47 bits per heavy atom. The van der Waals surface area contributed by atoms with Crippen molar-refractivity contribution in [3.8, 4) is 6.07 Å². The largest absolute Gasteiger partial charge is 0.325 e. The van der Waals surface area contributed by atoms with Crippen molar-refractivity contribution in [2.24, 2.45) is 0 Å². The van der Waals surface area contributed by atoms with Crippen molar-refractivity contribution in [1.29, 1.82) is 5.26 Å². The molecule has 0 fully saturated rings. The van der Waals surface area contributed by atoms with Gasteiger partial charge in [0.25, 0.3) is 0 Å². The number of benzene rings is 1. The van der Waals surface area contributed by atoms with Crippen LogP contribution < -0.4 is 10.2 Å². The van der Waals surface area contributed by atoms with E-state index in [0.717, 1.165) is 11.3 Å². The quantitative estimate of drug-likeness (QED) is 0.874. The number of hydrogen-bond donors (Lipinski definition) is 1. The van der Waals surface area contributed by atoms with Gasteiger partial charge in [-0.05, 0) is 23.8 Å². The van der Waals surface area contributed by atoms with Crippen LogP contribution in [-0.4, -0.2) is 30.9 Å². The van der Waals surface area contributed by atoms with Crippen LogP contribution in [0.3, 0.4) is 0 Å². The third-order valence-corrected chi connectivity index (χ3v) is 2.99. The maximum atomic E-state index is 11.8. The summed E-state index contributed by atoms with van der Waals surface area (Å²) in [5.74, 6) is -0.337.